The minimum atomic E-state index is -1.86. The van der Waals surface area contributed by atoms with Crippen LogP contribution in [-0.4, -0.2) is 18.4 Å². The first kappa shape index (κ1) is 21.7. The van der Waals surface area contributed by atoms with Crippen LogP contribution in [0.5, 0.6) is 0 Å². The monoisotopic (exact) mass is 474 g/mol. The Morgan fingerprint density at radius 2 is 1.50 bits per heavy atom. The van der Waals surface area contributed by atoms with Gasteiger partial charge >= 0.3 is 0 Å². The Bertz CT molecular complexity index is 1520. The molecule has 3 aromatic carbocycles. The Kier molecular flexibility index (Phi) is 4.57. The molecule has 2 atom stereocenters. The van der Waals surface area contributed by atoms with Gasteiger partial charge in [-0.1, -0.05) is 72.8 Å². The Morgan fingerprint density at radius 1 is 0.889 bits per heavy atom. The second-order valence-corrected chi connectivity index (χ2v) is 9.00. The van der Waals surface area contributed by atoms with Crippen LogP contribution in [0.25, 0.3) is 0 Å². The van der Waals surface area contributed by atoms with E-state index in [0.29, 0.717) is 22.5 Å². The molecule has 7 nitrogen and oxygen atoms in total. The van der Waals surface area contributed by atoms with Gasteiger partial charge in [-0.15, -0.1) is 6.58 Å². The topological polar surface area (TPSA) is 99.7 Å². The molecule has 2 unspecified atom stereocenters. The van der Waals surface area contributed by atoms with Gasteiger partial charge < -0.3 is 20.3 Å². The van der Waals surface area contributed by atoms with E-state index in [1.807, 2.05) is 48.5 Å². The van der Waals surface area contributed by atoms with Crippen molar-refractivity contribution in [3.8, 4) is 6.07 Å². The van der Waals surface area contributed by atoms with E-state index in [1.165, 1.54) is 4.90 Å². The predicted octanol–water partition coefficient (Wildman–Crippen LogP) is 3.62. The lowest BCUT2D eigenvalue weighted by Gasteiger charge is -2.37. The highest BCUT2D eigenvalue weighted by Gasteiger charge is 2.78. The number of benzene rings is 3. The van der Waals surface area contributed by atoms with Crippen molar-refractivity contribution in [2.45, 2.75) is 17.6 Å². The van der Waals surface area contributed by atoms with E-state index in [0.717, 1.165) is 5.56 Å². The lowest BCUT2D eigenvalue weighted by atomic mass is 9.62. The van der Waals surface area contributed by atoms with Crippen molar-refractivity contribution in [2.24, 2.45) is 5.73 Å². The van der Waals surface area contributed by atoms with Gasteiger partial charge in [0.15, 0.2) is 5.41 Å². The number of nitriles is 1. The summed E-state index contributed by atoms with van der Waals surface area (Å²) in [4.78, 5) is 32.2. The average Bonchev–Trinajstić information content (AvgIpc) is 3.42. The quantitative estimate of drug-likeness (QED) is 0.582. The molecule has 0 saturated carbocycles. The van der Waals surface area contributed by atoms with Crippen LogP contribution < -0.4 is 15.5 Å². The summed E-state index contributed by atoms with van der Waals surface area (Å²) in [7, 11) is 0. The van der Waals surface area contributed by atoms with Crippen LogP contribution in [0.3, 0.4) is 0 Å². The van der Waals surface area contributed by atoms with E-state index in [2.05, 4.69) is 12.6 Å². The van der Waals surface area contributed by atoms with Crippen molar-refractivity contribution >= 4 is 23.2 Å². The Hall–Kier alpha value is -4.83. The number of nitrogens with two attached hydrogens (primary N) is 1. The van der Waals surface area contributed by atoms with Crippen molar-refractivity contribution < 1.29 is 14.3 Å². The van der Waals surface area contributed by atoms with Gasteiger partial charge in [0.1, 0.15) is 11.6 Å². The lowest BCUT2D eigenvalue weighted by molar-refractivity contribution is -0.148. The van der Waals surface area contributed by atoms with Gasteiger partial charge in [-0.25, -0.2) is 0 Å². The number of ether oxygens (including phenoxy) is 1. The highest BCUT2D eigenvalue weighted by atomic mass is 16.5. The van der Waals surface area contributed by atoms with Crippen molar-refractivity contribution in [1.29, 1.82) is 5.26 Å². The van der Waals surface area contributed by atoms with Gasteiger partial charge in [-0.05, 0) is 17.7 Å². The maximum Gasteiger partial charge on any atom is 0.278 e. The molecule has 3 aliphatic heterocycles. The largest absolute Gasteiger partial charge is 0.455 e. The second kappa shape index (κ2) is 7.59. The maximum atomic E-state index is 14.7. The molecule has 7 heteroatoms. The Balaban J connectivity index is 1.67. The third-order valence-corrected chi connectivity index (χ3v) is 7.30. The average molecular weight is 475 g/mol. The SMILES string of the molecule is C=CCN1C(=O)C2(OC(N)=C(C#N)C23C(=O)N(Cc2ccccc2)c2ccccc23)c2ccccc21. The lowest BCUT2D eigenvalue weighted by Crippen LogP contribution is -2.59. The number of carbonyl (C=O) groups excluding carboxylic acids is 2. The molecule has 2 spiro atoms. The molecule has 3 aliphatic rings. The Morgan fingerprint density at radius 3 is 2.17 bits per heavy atom. The molecule has 3 aromatic rings. The molecule has 6 rings (SSSR count). The number of anilines is 2. The number of carbonyl (C=O) groups is 2. The molecule has 36 heavy (non-hydrogen) atoms. The number of fused-ring (bicyclic) bond motifs is 5. The summed E-state index contributed by atoms with van der Waals surface area (Å²) in [5, 5.41) is 10.3. The zero-order valence-corrected chi connectivity index (χ0v) is 19.3. The molecule has 0 bridgehead atoms. The summed E-state index contributed by atoms with van der Waals surface area (Å²) in [6, 6.07) is 26.1. The summed E-state index contributed by atoms with van der Waals surface area (Å²) < 4.78 is 6.25. The molecular weight excluding hydrogens is 452 g/mol. The first-order valence-corrected chi connectivity index (χ1v) is 11.6. The number of hydrogen-bond donors (Lipinski definition) is 1. The van der Waals surface area contributed by atoms with E-state index < -0.39 is 22.8 Å². The zero-order valence-electron chi connectivity index (χ0n) is 19.3. The van der Waals surface area contributed by atoms with Crippen molar-refractivity contribution in [3.63, 3.8) is 0 Å². The van der Waals surface area contributed by atoms with E-state index in [4.69, 9.17) is 10.5 Å². The van der Waals surface area contributed by atoms with Gasteiger partial charge in [0.2, 0.25) is 17.4 Å². The number of para-hydroxylation sites is 2. The summed E-state index contributed by atoms with van der Waals surface area (Å²) >= 11 is 0. The first-order chi connectivity index (χ1) is 17.5. The van der Waals surface area contributed by atoms with Crippen LogP contribution in [0.2, 0.25) is 0 Å². The summed E-state index contributed by atoms with van der Waals surface area (Å²) in [6.07, 6.45) is 1.61. The Labute approximate surface area is 208 Å². The third-order valence-electron chi connectivity index (χ3n) is 7.30. The fraction of sp³-hybridized carbons (Fsp3) is 0.138. The third kappa shape index (κ3) is 2.40. The molecule has 2 amide bonds. The van der Waals surface area contributed by atoms with E-state index in [1.54, 1.807) is 41.3 Å². The van der Waals surface area contributed by atoms with Gasteiger partial charge in [0.25, 0.3) is 5.91 Å². The fourth-order valence-corrected chi connectivity index (χ4v) is 5.94. The minimum Gasteiger partial charge on any atom is -0.455 e. The summed E-state index contributed by atoms with van der Waals surface area (Å²) in [6.45, 7) is 4.27. The first-order valence-electron chi connectivity index (χ1n) is 11.6. The molecule has 0 radical (unpaired) electrons. The van der Waals surface area contributed by atoms with Crippen LogP contribution in [0, 0.1) is 11.3 Å². The van der Waals surface area contributed by atoms with Gasteiger partial charge in [0.05, 0.1) is 12.2 Å². The molecule has 0 aromatic heterocycles. The van der Waals surface area contributed by atoms with Gasteiger partial charge in [-0.2, -0.15) is 5.26 Å². The smallest absolute Gasteiger partial charge is 0.278 e. The predicted molar refractivity (Wildman–Crippen MR) is 134 cm³/mol. The van der Waals surface area contributed by atoms with E-state index >= 15 is 0 Å². The van der Waals surface area contributed by atoms with Crippen molar-refractivity contribution in [3.05, 3.63) is 120 Å². The highest BCUT2D eigenvalue weighted by Crippen LogP contribution is 2.65. The minimum absolute atomic E-state index is 0.0564. The summed E-state index contributed by atoms with van der Waals surface area (Å²) in [5.41, 5.74) is 5.77. The van der Waals surface area contributed by atoms with E-state index in [9.17, 15) is 14.9 Å². The second-order valence-electron chi connectivity index (χ2n) is 9.00. The van der Waals surface area contributed by atoms with Gasteiger partial charge in [0, 0.05) is 23.4 Å². The molecular formula is C29H22N4O3. The number of hydrogen-bond acceptors (Lipinski definition) is 5. The number of amides is 2. The van der Waals surface area contributed by atoms with Gasteiger partial charge in [-0.3, -0.25) is 9.59 Å². The molecule has 2 N–H and O–H groups in total. The van der Waals surface area contributed by atoms with Crippen molar-refractivity contribution in [1.82, 2.24) is 0 Å². The summed E-state index contributed by atoms with van der Waals surface area (Å²) in [5.74, 6) is -1.10. The normalized spacial score (nSPS) is 23.8. The van der Waals surface area contributed by atoms with Crippen LogP contribution in [0.4, 0.5) is 11.4 Å². The fourth-order valence-electron chi connectivity index (χ4n) is 5.94. The van der Waals surface area contributed by atoms with Crippen LogP contribution in [0.1, 0.15) is 16.7 Å². The number of rotatable bonds is 4. The van der Waals surface area contributed by atoms with Crippen molar-refractivity contribution in [2.75, 3.05) is 16.3 Å². The number of nitrogens with zero attached hydrogens (tertiary/aromatic N) is 3. The zero-order chi connectivity index (χ0) is 25.1. The highest BCUT2D eigenvalue weighted by molar-refractivity contribution is 6.20. The molecule has 3 heterocycles. The van der Waals surface area contributed by atoms with Crippen LogP contribution in [0.15, 0.2) is 103 Å². The molecule has 176 valence electrons. The van der Waals surface area contributed by atoms with Crippen LogP contribution in [-0.2, 0) is 31.9 Å². The molecule has 0 fully saturated rings. The molecule has 0 saturated heterocycles. The maximum absolute atomic E-state index is 14.7. The van der Waals surface area contributed by atoms with E-state index in [-0.39, 0.29) is 24.5 Å². The van der Waals surface area contributed by atoms with Crippen LogP contribution >= 0.6 is 0 Å². The molecule has 0 aliphatic carbocycles. The standard InChI is InChI=1S/C29H22N4O3/c1-2-16-32-24-15-9-7-13-21(24)29(27(32)35)28(22(17-30)25(31)36-29)20-12-6-8-14-23(20)33(26(28)34)18-19-10-4-3-5-11-19/h2-15H,1,16,18,31H2.